The first-order valence-corrected chi connectivity index (χ1v) is 8.26. The fourth-order valence-electron chi connectivity index (χ4n) is 2.05. The Hall–Kier alpha value is -1.45. The minimum absolute atomic E-state index is 0.0867. The number of amides is 1. The van der Waals surface area contributed by atoms with Crippen LogP contribution in [0, 0.1) is 0 Å². The van der Waals surface area contributed by atoms with Crippen LogP contribution >= 0.6 is 23.4 Å². The quantitative estimate of drug-likeness (QED) is 0.825. The molecule has 0 saturated heterocycles. The van der Waals surface area contributed by atoms with E-state index in [1.807, 2.05) is 54.6 Å². The number of halogens is 1. The predicted octanol–water partition coefficient (Wildman–Crippen LogP) is 4.45. The number of carbonyl (C=O) groups excluding carboxylic acids is 1. The summed E-state index contributed by atoms with van der Waals surface area (Å²) in [5.74, 6) is 0.0867. The van der Waals surface area contributed by atoms with Crippen LogP contribution < -0.4 is 5.32 Å². The third-order valence-corrected chi connectivity index (χ3v) is 4.85. The molecule has 0 aliphatic heterocycles. The lowest BCUT2D eigenvalue weighted by Gasteiger charge is -2.17. The van der Waals surface area contributed by atoms with Crippen LogP contribution in [0.25, 0.3) is 0 Å². The van der Waals surface area contributed by atoms with Crippen LogP contribution in [0.15, 0.2) is 59.5 Å². The zero-order valence-electron chi connectivity index (χ0n) is 11.5. The van der Waals surface area contributed by atoms with Gasteiger partial charge in [0, 0.05) is 16.0 Å². The summed E-state index contributed by atoms with van der Waals surface area (Å²) in [6.07, 6.45) is 2.19. The molecule has 108 valence electrons. The Morgan fingerprint density at radius 1 is 1.10 bits per heavy atom. The third kappa shape index (κ3) is 4.02. The average molecular weight is 318 g/mol. The number of rotatable bonds is 5. The van der Waals surface area contributed by atoms with E-state index in [-0.39, 0.29) is 11.2 Å². The van der Waals surface area contributed by atoms with Crippen LogP contribution in [0.1, 0.15) is 23.7 Å². The van der Waals surface area contributed by atoms with E-state index in [1.165, 1.54) is 0 Å². The highest BCUT2D eigenvalue weighted by molar-refractivity contribution is 8.00. The number of hydrogen-bond acceptors (Lipinski definition) is 2. The molecule has 0 bridgehead atoms. The zero-order chi connectivity index (χ0) is 14.7. The number of benzene rings is 2. The van der Waals surface area contributed by atoms with Crippen molar-refractivity contribution >= 4 is 29.3 Å². The van der Waals surface area contributed by atoms with E-state index in [1.54, 1.807) is 11.8 Å². The first-order chi connectivity index (χ1) is 10.2. The van der Waals surface area contributed by atoms with Crippen LogP contribution in [-0.2, 0) is 4.79 Å². The maximum absolute atomic E-state index is 12.5. The zero-order valence-corrected chi connectivity index (χ0v) is 13.0. The average Bonchev–Trinajstić information content (AvgIpc) is 3.31. The lowest BCUT2D eigenvalue weighted by molar-refractivity contribution is -0.120. The number of hydrogen-bond donors (Lipinski definition) is 1. The Morgan fingerprint density at radius 3 is 2.38 bits per heavy atom. The molecule has 1 aliphatic carbocycles. The van der Waals surface area contributed by atoms with Gasteiger partial charge in [-0.15, -0.1) is 11.8 Å². The molecule has 1 atom stereocenters. The van der Waals surface area contributed by atoms with Crippen LogP contribution in [0.4, 0.5) is 0 Å². The minimum atomic E-state index is -0.229. The molecule has 21 heavy (non-hydrogen) atoms. The highest BCUT2D eigenvalue weighted by Gasteiger charge is 2.28. The van der Waals surface area contributed by atoms with E-state index in [4.69, 9.17) is 11.6 Å². The SMILES string of the molecule is O=C(NC1CC1)C(Sc1ccc(Cl)cc1)c1ccccc1. The first-order valence-electron chi connectivity index (χ1n) is 7.00. The summed E-state index contributed by atoms with van der Waals surface area (Å²) < 4.78 is 0. The lowest BCUT2D eigenvalue weighted by Crippen LogP contribution is -2.29. The minimum Gasteiger partial charge on any atom is -0.352 e. The topological polar surface area (TPSA) is 29.1 Å². The fraction of sp³-hybridized carbons (Fsp3) is 0.235. The second kappa shape index (κ2) is 6.54. The van der Waals surface area contributed by atoms with Crippen molar-refractivity contribution in [2.45, 2.75) is 29.0 Å². The van der Waals surface area contributed by atoms with Crippen LogP contribution in [0.5, 0.6) is 0 Å². The molecule has 4 heteroatoms. The van der Waals surface area contributed by atoms with Crippen LogP contribution in [0.3, 0.4) is 0 Å². The molecule has 0 heterocycles. The van der Waals surface area contributed by atoms with Crippen LogP contribution in [-0.4, -0.2) is 11.9 Å². The van der Waals surface area contributed by atoms with Crippen molar-refractivity contribution in [3.63, 3.8) is 0 Å². The van der Waals surface area contributed by atoms with Gasteiger partial charge < -0.3 is 5.32 Å². The van der Waals surface area contributed by atoms with Crippen molar-refractivity contribution in [3.8, 4) is 0 Å². The van der Waals surface area contributed by atoms with Gasteiger partial charge in [0.05, 0.1) is 0 Å². The maximum atomic E-state index is 12.5. The Balaban J connectivity index is 1.80. The van der Waals surface area contributed by atoms with Gasteiger partial charge in [0.15, 0.2) is 0 Å². The molecule has 2 aromatic rings. The Bertz CT molecular complexity index is 610. The molecule has 0 radical (unpaired) electrons. The highest BCUT2D eigenvalue weighted by atomic mass is 35.5. The molecule has 0 aromatic heterocycles. The molecule has 0 spiro atoms. The molecular formula is C17H16ClNOS. The smallest absolute Gasteiger partial charge is 0.238 e. The molecule has 1 aliphatic rings. The van der Waals surface area contributed by atoms with Crippen molar-refractivity contribution in [3.05, 3.63) is 65.2 Å². The molecule has 2 aromatic carbocycles. The lowest BCUT2D eigenvalue weighted by atomic mass is 10.1. The summed E-state index contributed by atoms with van der Waals surface area (Å²) in [6, 6.07) is 17.9. The molecule has 2 nitrogen and oxygen atoms in total. The van der Waals surface area contributed by atoms with E-state index in [0.717, 1.165) is 23.3 Å². The van der Waals surface area contributed by atoms with Crippen molar-refractivity contribution in [2.24, 2.45) is 0 Å². The van der Waals surface area contributed by atoms with Gasteiger partial charge in [-0.25, -0.2) is 0 Å². The summed E-state index contributed by atoms with van der Waals surface area (Å²) >= 11 is 7.47. The van der Waals surface area contributed by atoms with Gasteiger partial charge in [0.25, 0.3) is 0 Å². The van der Waals surface area contributed by atoms with Crippen LogP contribution in [0.2, 0.25) is 5.02 Å². The van der Waals surface area contributed by atoms with Gasteiger partial charge in [-0.2, -0.15) is 0 Å². The van der Waals surface area contributed by atoms with Crippen molar-refractivity contribution < 1.29 is 4.79 Å². The van der Waals surface area contributed by atoms with Crippen molar-refractivity contribution in [2.75, 3.05) is 0 Å². The normalized spacial score (nSPS) is 15.5. The largest absolute Gasteiger partial charge is 0.352 e. The van der Waals surface area contributed by atoms with E-state index >= 15 is 0 Å². The van der Waals surface area contributed by atoms with Crippen molar-refractivity contribution in [1.29, 1.82) is 0 Å². The molecule has 1 amide bonds. The summed E-state index contributed by atoms with van der Waals surface area (Å²) in [5.41, 5.74) is 1.02. The van der Waals surface area contributed by atoms with E-state index in [9.17, 15) is 4.79 Å². The van der Waals surface area contributed by atoms with E-state index in [0.29, 0.717) is 11.1 Å². The third-order valence-electron chi connectivity index (χ3n) is 3.33. The summed E-state index contributed by atoms with van der Waals surface area (Å²) in [7, 11) is 0. The standard InChI is InChI=1S/C17H16ClNOS/c18-13-6-10-15(11-7-13)21-16(12-4-2-1-3-5-12)17(20)19-14-8-9-14/h1-7,10-11,14,16H,8-9H2,(H,19,20). The molecular weight excluding hydrogens is 302 g/mol. The second-order valence-electron chi connectivity index (χ2n) is 5.15. The predicted molar refractivity (Wildman–Crippen MR) is 87.7 cm³/mol. The molecule has 1 unspecified atom stereocenters. The summed E-state index contributed by atoms with van der Waals surface area (Å²) in [6.45, 7) is 0. The summed E-state index contributed by atoms with van der Waals surface area (Å²) in [4.78, 5) is 13.5. The monoisotopic (exact) mass is 317 g/mol. The molecule has 1 fully saturated rings. The van der Waals surface area contributed by atoms with Gasteiger partial charge >= 0.3 is 0 Å². The van der Waals surface area contributed by atoms with Gasteiger partial charge in [-0.3, -0.25) is 4.79 Å². The number of nitrogens with one attached hydrogen (secondary N) is 1. The number of thioether (sulfide) groups is 1. The molecule has 1 saturated carbocycles. The molecule has 3 rings (SSSR count). The maximum Gasteiger partial charge on any atom is 0.238 e. The Kier molecular flexibility index (Phi) is 4.51. The van der Waals surface area contributed by atoms with Gasteiger partial charge in [-0.1, -0.05) is 41.9 Å². The summed E-state index contributed by atoms with van der Waals surface area (Å²) in [5, 5.41) is 3.58. The first kappa shape index (κ1) is 14.5. The van der Waals surface area contributed by atoms with Crippen molar-refractivity contribution in [1.82, 2.24) is 5.32 Å². The van der Waals surface area contributed by atoms with Gasteiger partial charge in [-0.05, 0) is 42.7 Å². The molecule has 1 N–H and O–H groups in total. The highest BCUT2D eigenvalue weighted by Crippen LogP contribution is 2.36. The van der Waals surface area contributed by atoms with E-state index in [2.05, 4.69) is 5.32 Å². The fourth-order valence-corrected chi connectivity index (χ4v) is 3.21. The van der Waals surface area contributed by atoms with E-state index < -0.39 is 0 Å². The van der Waals surface area contributed by atoms with Gasteiger partial charge in [0.2, 0.25) is 5.91 Å². The van der Waals surface area contributed by atoms with Gasteiger partial charge in [0.1, 0.15) is 5.25 Å². The number of carbonyl (C=O) groups is 1. The second-order valence-corrected chi connectivity index (χ2v) is 6.76. The Labute approximate surface area is 133 Å². The Morgan fingerprint density at radius 2 is 1.76 bits per heavy atom.